The van der Waals surface area contributed by atoms with E-state index in [9.17, 15) is 4.79 Å². The van der Waals surface area contributed by atoms with E-state index in [1.807, 2.05) is 0 Å². The number of rotatable bonds is 1. The van der Waals surface area contributed by atoms with Crippen molar-refractivity contribution in [3.8, 4) is 0 Å². The van der Waals surface area contributed by atoms with Crippen LogP contribution in [0.3, 0.4) is 0 Å². The predicted molar refractivity (Wildman–Crippen MR) is 39.1 cm³/mol. The van der Waals surface area contributed by atoms with Gasteiger partial charge in [-0.15, -0.1) is 0 Å². The Morgan fingerprint density at radius 1 is 1.60 bits per heavy atom. The number of amides is 1. The standard InChI is InChI=1S/C5H9ClN2O2/c1-4(6)7-10-5(9)8(2)3/h1-3H3/b7-4-. The van der Waals surface area contributed by atoms with Gasteiger partial charge in [-0.1, -0.05) is 16.8 Å². The van der Waals surface area contributed by atoms with E-state index < -0.39 is 6.09 Å². The summed E-state index contributed by atoms with van der Waals surface area (Å²) in [5.41, 5.74) is 0. The van der Waals surface area contributed by atoms with Gasteiger partial charge in [0.15, 0.2) is 0 Å². The van der Waals surface area contributed by atoms with Crippen LogP contribution in [0, 0.1) is 0 Å². The number of carbonyl (C=O) groups is 1. The van der Waals surface area contributed by atoms with Gasteiger partial charge < -0.3 is 4.90 Å². The molecule has 0 aromatic carbocycles. The highest BCUT2D eigenvalue weighted by Gasteiger charge is 2.02. The number of oxime groups is 1. The number of halogens is 1. The minimum Gasteiger partial charge on any atom is -0.312 e. The smallest absolute Gasteiger partial charge is 0.312 e. The molecule has 0 aliphatic carbocycles. The summed E-state index contributed by atoms with van der Waals surface area (Å²) >= 11 is 5.28. The van der Waals surface area contributed by atoms with Crippen LogP contribution >= 0.6 is 11.6 Å². The molecular formula is C5H9ClN2O2. The number of hydrogen-bond acceptors (Lipinski definition) is 3. The van der Waals surface area contributed by atoms with E-state index >= 15 is 0 Å². The summed E-state index contributed by atoms with van der Waals surface area (Å²) in [4.78, 5) is 16.1. The second-order valence-electron chi connectivity index (χ2n) is 1.84. The molecule has 0 radical (unpaired) electrons. The molecule has 0 aliphatic heterocycles. The second kappa shape index (κ2) is 4.11. The van der Waals surface area contributed by atoms with Crippen LogP contribution in [0.5, 0.6) is 0 Å². The summed E-state index contributed by atoms with van der Waals surface area (Å²) in [5.74, 6) is 0. The first kappa shape index (κ1) is 9.23. The van der Waals surface area contributed by atoms with Crippen LogP contribution in [0.15, 0.2) is 5.16 Å². The van der Waals surface area contributed by atoms with Crippen molar-refractivity contribution in [1.29, 1.82) is 0 Å². The average molecular weight is 165 g/mol. The summed E-state index contributed by atoms with van der Waals surface area (Å²) in [5, 5.41) is 3.43. The predicted octanol–water partition coefficient (Wildman–Crippen LogP) is 1.26. The molecule has 0 aromatic heterocycles. The van der Waals surface area contributed by atoms with Crippen LogP contribution < -0.4 is 0 Å². The van der Waals surface area contributed by atoms with Crippen LogP contribution in [0.4, 0.5) is 4.79 Å². The van der Waals surface area contributed by atoms with Gasteiger partial charge in [0.05, 0.1) is 0 Å². The summed E-state index contributed by atoms with van der Waals surface area (Å²) in [6.45, 7) is 1.52. The molecule has 4 nitrogen and oxygen atoms in total. The van der Waals surface area contributed by atoms with E-state index in [1.165, 1.54) is 11.8 Å². The Balaban J connectivity index is 3.71. The summed E-state index contributed by atoms with van der Waals surface area (Å²) in [6, 6.07) is 0. The summed E-state index contributed by atoms with van der Waals surface area (Å²) in [6.07, 6.45) is -0.542. The Hall–Kier alpha value is -0.770. The minimum atomic E-state index is -0.542. The molecule has 1 amide bonds. The van der Waals surface area contributed by atoms with Crippen molar-refractivity contribution in [3.05, 3.63) is 0 Å². The third kappa shape index (κ3) is 4.14. The van der Waals surface area contributed by atoms with E-state index in [1.54, 1.807) is 14.1 Å². The maximum Gasteiger partial charge on any atom is 0.435 e. The van der Waals surface area contributed by atoms with Crippen LogP contribution in [-0.4, -0.2) is 30.3 Å². The van der Waals surface area contributed by atoms with E-state index in [2.05, 4.69) is 9.99 Å². The lowest BCUT2D eigenvalue weighted by Crippen LogP contribution is -2.20. The highest BCUT2D eigenvalue weighted by atomic mass is 35.5. The van der Waals surface area contributed by atoms with Crippen molar-refractivity contribution in [3.63, 3.8) is 0 Å². The van der Waals surface area contributed by atoms with Gasteiger partial charge in [-0.25, -0.2) is 4.79 Å². The van der Waals surface area contributed by atoms with Gasteiger partial charge in [0.2, 0.25) is 0 Å². The highest BCUT2D eigenvalue weighted by molar-refractivity contribution is 6.64. The van der Waals surface area contributed by atoms with E-state index in [0.29, 0.717) is 0 Å². The van der Waals surface area contributed by atoms with Crippen molar-refractivity contribution < 1.29 is 9.63 Å². The third-order valence-corrected chi connectivity index (χ3v) is 0.684. The van der Waals surface area contributed by atoms with Gasteiger partial charge in [-0.05, 0) is 6.92 Å². The Bertz CT molecular complexity index is 152. The molecular weight excluding hydrogens is 156 g/mol. The highest BCUT2D eigenvalue weighted by Crippen LogP contribution is 1.89. The van der Waals surface area contributed by atoms with Crippen molar-refractivity contribution in [2.45, 2.75) is 6.92 Å². The van der Waals surface area contributed by atoms with E-state index in [-0.39, 0.29) is 5.17 Å². The number of hydrogen-bond donors (Lipinski definition) is 0. The van der Waals surface area contributed by atoms with Crippen LogP contribution in [0.2, 0.25) is 0 Å². The fourth-order valence-corrected chi connectivity index (χ4v) is 0.218. The van der Waals surface area contributed by atoms with Gasteiger partial charge in [-0.3, -0.25) is 4.84 Å². The molecule has 5 heteroatoms. The monoisotopic (exact) mass is 164 g/mol. The molecule has 0 atom stereocenters. The van der Waals surface area contributed by atoms with Gasteiger partial charge in [0.1, 0.15) is 5.17 Å². The summed E-state index contributed by atoms with van der Waals surface area (Å²) < 4.78 is 0. The summed E-state index contributed by atoms with van der Waals surface area (Å²) in [7, 11) is 3.11. The zero-order valence-corrected chi connectivity index (χ0v) is 6.84. The lowest BCUT2D eigenvalue weighted by molar-refractivity contribution is 0.122. The minimum absolute atomic E-state index is 0.190. The van der Waals surface area contributed by atoms with Crippen LogP contribution in [0.25, 0.3) is 0 Å². The topological polar surface area (TPSA) is 41.9 Å². The number of nitrogens with zero attached hydrogens (tertiary/aromatic N) is 2. The molecule has 0 aromatic rings. The molecule has 0 saturated carbocycles. The quantitative estimate of drug-likeness (QED) is 0.333. The molecule has 10 heavy (non-hydrogen) atoms. The Labute approximate surface area is 64.4 Å². The second-order valence-corrected chi connectivity index (χ2v) is 2.39. The van der Waals surface area contributed by atoms with Gasteiger partial charge in [-0.2, -0.15) is 0 Å². The third-order valence-electron chi connectivity index (χ3n) is 0.615. The Kier molecular flexibility index (Phi) is 3.79. The van der Waals surface area contributed by atoms with Crippen molar-refractivity contribution in [2.24, 2.45) is 5.16 Å². The van der Waals surface area contributed by atoms with Gasteiger partial charge >= 0.3 is 6.09 Å². The molecule has 58 valence electrons. The van der Waals surface area contributed by atoms with Crippen molar-refractivity contribution >= 4 is 22.9 Å². The Morgan fingerprint density at radius 3 is 2.40 bits per heavy atom. The zero-order chi connectivity index (χ0) is 8.15. The number of carbonyl (C=O) groups excluding carboxylic acids is 1. The van der Waals surface area contributed by atoms with Crippen LogP contribution in [0.1, 0.15) is 6.92 Å². The van der Waals surface area contributed by atoms with Crippen LogP contribution in [-0.2, 0) is 4.84 Å². The maximum absolute atomic E-state index is 10.6. The fraction of sp³-hybridized carbons (Fsp3) is 0.600. The first-order valence-corrected chi connectivity index (χ1v) is 3.00. The first-order valence-electron chi connectivity index (χ1n) is 2.62. The molecule has 0 unspecified atom stereocenters. The lowest BCUT2D eigenvalue weighted by atomic mass is 10.9. The first-order chi connectivity index (χ1) is 4.54. The van der Waals surface area contributed by atoms with E-state index in [0.717, 1.165) is 0 Å². The molecule has 0 spiro atoms. The molecule has 0 saturated heterocycles. The van der Waals surface area contributed by atoms with E-state index in [4.69, 9.17) is 11.6 Å². The van der Waals surface area contributed by atoms with Crippen molar-refractivity contribution in [2.75, 3.05) is 14.1 Å². The molecule has 0 aliphatic rings. The zero-order valence-electron chi connectivity index (χ0n) is 6.09. The van der Waals surface area contributed by atoms with Gasteiger partial charge in [0.25, 0.3) is 0 Å². The molecule has 0 rings (SSSR count). The molecule has 0 fully saturated rings. The fourth-order valence-electron chi connectivity index (χ4n) is 0.184. The SMILES string of the molecule is C/C(Cl)=N/OC(=O)N(C)C. The van der Waals surface area contributed by atoms with Gasteiger partial charge in [0, 0.05) is 14.1 Å². The average Bonchev–Trinajstić information content (AvgIpc) is 1.82. The molecule has 0 heterocycles. The lowest BCUT2D eigenvalue weighted by Gasteiger charge is -2.05. The molecule has 0 bridgehead atoms. The molecule has 0 N–H and O–H groups in total. The maximum atomic E-state index is 10.6. The Morgan fingerprint density at radius 2 is 2.10 bits per heavy atom. The van der Waals surface area contributed by atoms with Crippen molar-refractivity contribution in [1.82, 2.24) is 4.90 Å². The largest absolute Gasteiger partial charge is 0.435 e. The normalized spacial score (nSPS) is 11.0.